The van der Waals surface area contributed by atoms with Gasteiger partial charge in [-0.15, -0.1) is 13.2 Å². The summed E-state index contributed by atoms with van der Waals surface area (Å²) in [6, 6.07) is 6.39. The molecular formula is C32H45N3O6. The van der Waals surface area contributed by atoms with Crippen LogP contribution in [0.1, 0.15) is 52.9 Å². The lowest BCUT2D eigenvalue weighted by molar-refractivity contribution is -0.153. The summed E-state index contributed by atoms with van der Waals surface area (Å²) in [4.78, 5) is 47.8. The number of carbonyl (C=O) groups excluding carboxylic acids is 3. The van der Waals surface area contributed by atoms with E-state index in [2.05, 4.69) is 20.1 Å². The summed E-state index contributed by atoms with van der Waals surface area (Å²) in [5, 5.41) is 9.92. The van der Waals surface area contributed by atoms with E-state index in [-0.39, 0.29) is 37.4 Å². The number of amides is 3. The van der Waals surface area contributed by atoms with E-state index in [0.29, 0.717) is 50.4 Å². The molecule has 3 saturated heterocycles. The Balaban J connectivity index is 1.76. The normalized spacial score (nSPS) is 28.0. The third-order valence-electron chi connectivity index (χ3n) is 9.00. The summed E-state index contributed by atoms with van der Waals surface area (Å²) in [5.41, 5.74) is -1.33. The van der Waals surface area contributed by atoms with Crippen LogP contribution in [0.5, 0.6) is 5.75 Å². The highest BCUT2D eigenvalue weighted by Crippen LogP contribution is 2.64. The molecule has 4 rings (SSSR count). The maximum absolute atomic E-state index is 14.5. The number of ether oxygens (including phenoxy) is 2. The van der Waals surface area contributed by atoms with Crippen molar-refractivity contribution in [1.82, 2.24) is 9.80 Å². The zero-order valence-corrected chi connectivity index (χ0v) is 24.7. The monoisotopic (exact) mass is 567 g/mol. The Morgan fingerprint density at radius 3 is 2.41 bits per heavy atom. The first-order valence-corrected chi connectivity index (χ1v) is 14.9. The minimum absolute atomic E-state index is 0.00184. The Kier molecular flexibility index (Phi) is 9.59. The number of nitrogens with zero attached hydrogens (tertiary/aromatic N) is 3. The Hall–Kier alpha value is -3.17. The average Bonchev–Trinajstić information content (AvgIpc) is 3.58. The van der Waals surface area contributed by atoms with Gasteiger partial charge in [-0.05, 0) is 56.9 Å². The number of β-amino-alcohol motifs (C(OH)–C–C–N with tert-alkyl or cyclic N) is 1. The van der Waals surface area contributed by atoms with Gasteiger partial charge < -0.3 is 29.3 Å². The Labute approximate surface area is 243 Å². The number of carbonyl (C=O) groups is 3. The molecule has 41 heavy (non-hydrogen) atoms. The summed E-state index contributed by atoms with van der Waals surface area (Å²) in [6.45, 7) is 15.0. The second kappa shape index (κ2) is 12.8. The van der Waals surface area contributed by atoms with Crippen LogP contribution in [0.25, 0.3) is 0 Å². The van der Waals surface area contributed by atoms with Gasteiger partial charge in [0.25, 0.3) is 0 Å². The summed E-state index contributed by atoms with van der Waals surface area (Å²) in [7, 11) is 0. The van der Waals surface area contributed by atoms with Crippen molar-refractivity contribution in [2.75, 3.05) is 44.3 Å². The quantitative estimate of drug-likeness (QED) is 0.326. The van der Waals surface area contributed by atoms with Gasteiger partial charge in [0.2, 0.25) is 17.7 Å². The number of likely N-dealkylation sites (tertiary alicyclic amines) is 1. The van der Waals surface area contributed by atoms with E-state index in [1.54, 1.807) is 22.0 Å². The Morgan fingerprint density at radius 2 is 1.83 bits per heavy atom. The molecule has 3 aliphatic rings. The van der Waals surface area contributed by atoms with Gasteiger partial charge in [0, 0.05) is 31.9 Å². The predicted octanol–water partition coefficient (Wildman–Crippen LogP) is 3.57. The molecule has 0 radical (unpaired) electrons. The molecular weight excluding hydrogens is 522 g/mol. The Morgan fingerprint density at radius 1 is 1.12 bits per heavy atom. The maximum Gasteiger partial charge on any atom is 0.248 e. The zero-order valence-electron chi connectivity index (χ0n) is 24.7. The van der Waals surface area contributed by atoms with Crippen LogP contribution in [0.3, 0.4) is 0 Å². The van der Waals surface area contributed by atoms with Crippen molar-refractivity contribution < 1.29 is 29.0 Å². The number of unbranched alkanes of at least 4 members (excludes halogenated alkanes) is 1. The van der Waals surface area contributed by atoms with E-state index in [1.165, 1.54) is 4.90 Å². The minimum atomic E-state index is -1.13. The SMILES string of the molecule is C=CCN(CCCC)C(=O)C1N(CCO)C(=O)[C@@H]2[C@@H](C(=O)N(CC=C)c3ccc(OCC)cc3)[C@@]3(CC)CCC12O3. The first kappa shape index (κ1) is 30.8. The standard InChI is InChI=1S/C32H45N3O6/c1-6-11-20-33(18-7-2)30(39)27-32-17-16-31(9-4,41-32)25(26(32)29(38)35(27)21-22-36)28(37)34(19-8-3)23-12-14-24(15-13-23)40-10-5/h7-8,12-15,25-27,36H,2-3,6,9-11,16-22H2,1,4-5H3/t25-,26-,27?,31+,32?/m0/s1. The van der Waals surface area contributed by atoms with E-state index in [9.17, 15) is 19.5 Å². The van der Waals surface area contributed by atoms with Gasteiger partial charge in [-0.2, -0.15) is 0 Å². The third kappa shape index (κ3) is 5.18. The lowest BCUT2D eigenvalue weighted by Crippen LogP contribution is -2.56. The number of fused-ring (bicyclic) bond motifs is 1. The highest BCUT2D eigenvalue weighted by atomic mass is 16.5. The highest BCUT2D eigenvalue weighted by molar-refractivity contribution is 6.03. The molecule has 9 heteroatoms. The van der Waals surface area contributed by atoms with Crippen molar-refractivity contribution in [3.05, 3.63) is 49.6 Å². The maximum atomic E-state index is 14.5. The lowest BCUT2D eigenvalue weighted by Gasteiger charge is -2.37. The summed E-state index contributed by atoms with van der Waals surface area (Å²) < 4.78 is 12.5. The van der Waals surface area contributed by atoms with Crippen molar-refractivity contribution in [1.29, 1.82) is 0 Å². The Bertz CT molecular complexity index is 1140. The van der Waals surface area contributed by atoms with Crippen molar-refractivity contribution in [3.8, 4) is 5.75 Å². The zero-order chi connectivity index (χ0) is 29.8. The molecule has 0 aromatic heterocycles. The first-order chi connectivity index (χ1) is 19.8. The number of hydrogen-bond donors (Lipinski definition) is 1. The molecule has 0 saturated carbocycles. The molecule has 2 bridgehead atoms. The summed E-state index contributed by atoms with van der Waals surface area (Å²) in [5.74, 6) is -1.63. The van der Waals surface area contributed by atoms with E-state index < -0.39 is 29.1 Å². The van der Waals surface area contributed by atoms with E-state index >= 15 is 0 Å². The third-order valence-corrected chi connectivity index (χ3v) is 9.00. The molecule has 3 heterocycles. The van der Waals surface area contributed by atoms with Gasteiger partial charge >= 0.3 is 0 Å². The van der Waals surface area contributed by atoms with E-state index in [0.717, 1.165) is 12.8 Å². The van der Waals surface area contributed by atoms with E-state index in [1.807, 2.05) is 38.1 Å². The molecule has 1 aromatic carbocycles. The number of aliphatic hydroxyl groups excluding tert-OH is 1. The van der Waals surface area contributed by atoms with Crippen LogP contribution in [0.15, 0.2) is 49.6 Å². The molecule has 224 valence electrons. The lowest BCUT2D eigenvalue weighted by atomic mass is 9.64. The molecule has 1 spiro atoms. The van der Waals surface area contributed by atoms with Crippen molar-refractivity contribution in [3.63, 3.8) is 0 Å². The van der Waals surface area contributed by atoms with Gasteiger partial charge in [0.1, 0.15) is 17.4 Å². The number of hydrogen-bond acceptors (Lipinski definition) is 6. The minimum Gasteiger partial charge on any atom is -0.494 e. The first-order valence-electron chi connectivity index (χ1n) is 14.9. The van der Waals surface area contributed by atoms with Gasteiger partial charge in [0.05, 0.1) is 30.7 Å². The van der Waals surface area contributed by atoms with Gasteiger partial charge in [-0.1, -0.05) is 32.4 Å². The van der Waals surface area contributed by atoms with Gasteiger partial charge in [0.15, 0.2) is 0 Å². The van der Waals surface area contributed by atoms with Crippen LogP contribution in [0.2, 0.25) is 0 Å². The molecule has 3 amide bonds. The second-order valence-corrected chi connectivity index (χ2v) is 11.2. The molecule has 5 atom stereocenters. The van der Waals surface area contributed by atoms with Crippen molar-refractivity contribution >= 4 is 23.4 Å². The smallest absolute Gasteiger partial charge is 0.248 e. The molecule has 1 N–H and O–H groups in total. The molecule has 2 unspecified atom stereocenters. The fraction of sp³-hybridized carbons (Fsp3) is 0.594. The number of aliphatic hydroxyl groups is 1. The number of rotatable bonds is 15. The highest BCUT2D eigenvalue weighted by Gasteiger charge is 2.79. The number of benzene rings is 1. The number of anilines is 1. The van der Waals surface area contributed by atoms with Crippen LogP contribution in [0, 0.1) is 11.8 Å². The topological polar surface area (TPSA) is 99.6 Å². The van der Waals surface area contributed by atoms with Crippen molar-refractivity contribution in [2.45, 2.75) is 70.1 Å². The summed E-state index contributed by atoms with van der Waals surface area (Å²) >= 11 is 0. The van der Waals surface area contributed by atoms with Gasteiger partial charge in [-0.3, -0.25) is 14.4 Å². The van der Waals surface area contributed by atoms with Crippen LogP contribution in [-0.4, -0.2) is 89.3 Å². The van der Waals surface area contributed by atoms with Crippen LogP contribution >= 0.6 is 0 Å². The fourth-order valence-electron chi connectivity index (χ4n) is 7.20. The van der Waals surface area contributed by atoms with Crippen LogP contribution in [0.4, 0.5) is 5.69 Å². The molecule has 0 aliphatic carbocycles. The summed E-state index contributed by atoms with van der Waals surface area (Å²) in [6.07, 6.45) is 6.69. The molecule has 9 nitrogen and oxygen atoms in total. The van der Waals surface area contributed by atoms with Gasteiger partial charge in [-0.25, -0.2) is 0 Å². The predicted molar refractivity (Wildman–Crippen MR) is 157 cm³/mol. The molecule has 3 aliphatic heterocycles. The second-order valence-electron chi connectivity index (χ2n) is 11.2. The molecule has 1 aromatic rings. The van der Waals surface area contributed by atoms with Crippen LogP contribution in [-0.2, 0) is 19.1 Å². The average molecular weight is 568 g/mol. The largest absolute Gasteiger partial charge is 0.494 e. The fourth-order valence-corrected chi connectivity index (χ4v) is 7.20. The van der Waals surface area contributed by atoms with Crippen molar-refractivity contribution in [2.24, 2.45) is 11.8 Å². The molecule has 3 fully saturated rings. The van der Waals surface area contributed by atoms with E-state index in [4.69, 9.17) is 9.47 Å². The van der Waals surface area contributed by atoms with Crippen LogP contribution < -0.4 is 9.64 Å².